The summed E-state index contributed by atoms with van der Waals surface area (Å²) in [7, 11) is 4.16. The Balaban J connectivity index is 2.01. The number of halogens is 1. The van der Waals surface area contributed by atoms with Crippen LogP contribution in [0.1, 0.15) is 18.4 Å². The molecule has 0 saturated carbocycles. The number of hydrogen-bond donors (Lipinski definition) is 1. The predicted octanol–water partition coefficient (Wildman–Crippen LogP) is 1.49. The van der Waals surface area contributed by atoms with Gasteiger partial charge in [-0.3, -0.25) is 0 Å². The van der Waals surface area contributed by atoms with Crippen molar-refractivity contribution >= 4 is 5.82 Å². The highest BCUT2D eigenvalue weighted by molar-refractivity contribution is 5.43. The molecule has 19 heavy (non-hydrogen) atoms. The Morgan fingerprint density at radius 3 is 2.68 bits per heavy atom. The van der Waals surface area contributed by atoms with Gasteiger partial charge >= 0.3 is 0 Å². The fourth-order valence-corrected chi connectivity index (χ4v) is 2.66. The maximum atomic E-state index is 14.1. The molecule has 1 aliphatic rings. The quantitative estimate of drug-likeness (QED) is 0.897. The van der Waals surface area contributed by atoms with E-state index in [-0.39, 0.29) is 12.4 Å². The second kappa shape index (κ2) is 6.30. The van der Waals surface area contributed by atoms with Crippen molar-refractivity contribution in [1.29, 1.82) is 0 Å². The van der Waals surface area contributed by atoms with Gasteiger partial charge in [0, 0.05) is 31.4 Å². The van der Waals surface area contributed by atoms with E-state index in [0.29, 0.717) is 17.3 Å². The van der Waals surface area contributed by atoms with E-state index in [9.17, 15) is 4.39 Å². The van der Waals surface area contributed by atoms with Crippen LogP contribution >= 0.6 is 0 Å². The Morgan fingerprint density at radius 1 is 1.42 bits per heavy atom. The van der Waals surface area contributed by atoms with Crippen LogP contribution in [0.4, 0.5) is 10.2 Å². The van der Waals surface area contributed by atoms with Gasteiger partial charge in [0.25, 0.3) is 0 Å². The average molecular weight is 267 g/mol. The van der Waals surface area contributed by atoms with Crippen LogP contribution in [0.15, 0.2) is 12.3 Å². The number of aliphatic hydroxyl groups is 1. The zero-order valence-corrected chi connectivity index (χ0v) is 11.6. The number of pyridine rings is 1. The van der Waals surface area contributed by atoms with Gasteiger partial charge in [0.2, 0.25) is 0 Å². The van der Waals surface area contributed by atoms with Crippen LogP contribution in [-0.2, 0) is 6.61 Å². The van der Waals surface area contributed by atoms with Crippen molar-refractivity contribution in [2.75, 3.05) is 38.6 Å². The van der Waals surface area contributed by atoms with Crippen LogP contribution in [-0.4, -0.2) is 48.7 Å². The minimum atomic E-state index is -0.379. The molecule has 0 unspecified atom stereocenters. The number of rotatable bonds is 4. The highest BCUT2D eigenvalue weighted by Crippen LogP contribution is 2.25. The molecule has 0 aliphatic carbocycles. The van der Waals surface area contributed by atoms with E-state index in [2.05, 4.69) is 24.0 Å². The normalized spacial score (nSPS) is 17.2. The highest BCUT2D eigenvalue weighted by Gasteiger charge is 2.23. The van der Waals surface area contributed by atoms with Gasteiger partial charge in [-0.1, -0.05) is 0 Å². The van der Waals surface area contributed by atoms with Gasteiger partial charge in [0.1, 0.15) is 0 Å². The van der Waals surface area contributed by atoms with Crippen molar-refractivity contribution in [2.45, 2.75) is 19.4 Å². The molecule has 106 valence electrons. The minimum Gasteiger partial charge on any atom is -0.392 e. The van der Waals surface area contributed by atoms with E-state index < -0.39 is 0 Å². The maximum absolute atomic E-state index is 14.1. The molecule has 1 aromatic heterocycles. The van der Waals surface area contributed by atoms with Gasteiger partial charge in [0.15, 0.2) is 11.6 Å². The third-order valence-corrected chi connectivity index (χ3v) is 3.66. The van der Waals surface area contributed by atoms with Gasteiger partial charge < -0.3 is 14.9 Å². The number of aromatic nitrogens is 1. The fraction of sp³-hybridized carbons (Fsp3) is 0.643. The molecule has 0 bridgehead atoms. The minimum absolute atomic E-state index is 0.279. The van der Waals surface area contributed by atoms with E-state index in [0.717, 1.165) is 32.5 Å². The monoisotopic (exact) mass is 267 g/mol. The van der Waals surface area contributed by atoms with Gasteiger partial charge in [-0.2, -0.15) is 0 Å². The molecule has 2 heterocycles. The first-order chi connectivity index (χ1) is 9.11. The summed E-state index contributed by atoms with van der Waals surface area (Å²) in [5.41, 5.74) is 0.320. The number of hydrogen-bond acceptors (Lipinski definition) is 4. The van der Waals surface area contributed by atoms with Crippen molar-refractivity contribution in [1.82, 2.24) is 9.88 Å². The van der Waals surface area contributed by atoms with E-state index >= 15 is 0 Å². The Bertz CT molecular complexity index is 417. The van der Waals surface area contributed by atoms with Crippen LogP contribution in [0.2, 0.25) is 0 Å². The lowest BCUT2D eigenvalue weighted by Crippen LogP contribution is -2.38. The van der Waals surface area contributed by atoms with Crippen molar-refractivity contribution in [2.24, 2.45) is 5.92 Å². The number of anilines is 1. The molecule has 1 fully saturated rings. The molecule has 5 heteroatoms. The van der Waals surface area contributed by atoms with Crippen molar-refractivity contribution in [3.63, 3.8) is 0 Å². The fourth-order valence-electron chi connectivity index (χ4n) is 2.66. The molecule has 1 aliphatic heterocycles. The SMILES string of the molecule is CN(C)CC1CCN(c2nccc(CO)c2F)CC1. The van der Waals surface area contributed by atoms with Crippen molar-refractivity contribution in [3.05, 3.63) is 23.6 Å². The second-order valence-corrected chi connectivity index (χ2v) is 5.46. The zero-order chi connectivity index (χ0) is 13.8. The third kappa shape index (κ3) is 3.42. The molecule has 1 aromatic rings. The molecule has 1 saturated heterocycles. The van der Waals surface area contributed by atoms with Crippen LogP contribution < -0.4 is 4.90 Å². The molecule has 4 nitrogen and oxygen atoms in total. The summed E-state index contributed by atoms with van der Waals surface area (Å²) in [6.07, 6.45) is 3.68. The summed E-state index contributed by atoms with van der Waals surface area (Å²) in [6, 6.07) is 1.53. The molecule has 0 aromatic carbocycles. The lowest BCUT2D eigenvalue weighted by Gasteiger charge is -2.34. The summed E-state index contributed by atoms with van der Waals surface area (Å²) in [5.74, 6) is 0.682. The molecule has 0 amide bonds. The maximum Gasteiger partial charge on any atom is 0.171 e. The van der Waals surface area contributed by atoms with Crippen LogP contribution in [0, 0.1) is 11.7 Å². The van der Waals surface area contributed by atoms with E-state index in [1.54, 1.807) is 6.20 Å². The summed E-state index contributed by atoms with van der Waals surface area (Å²) >= 11 is 0. The summed E-state index contributed by atoms with van der Waals surface area (Å²) in [4.78, 5) is 8.31. The Kier molecular flexibility index (Phi) is 4.71. The van der Waals surface area contributed by atoms with Gasteiger partial charge in [-0.25, -0.2) is 9.37 Å². The Labute approximate surface area is 113 Å². The largest absolute Gasteiger partial charge is 0.392 e. The van der Waals surface area contributed by atoms with Crippen molar-refractivity contribution < 1.29 is 9.50 Å². The molecular weight excluding hydrogens is 245 g/mol. The summed E-state index contributed by atoms with van der Waals surface area (Å²) in [5, 5.41) is 9.09. The molecule has 0 spiro atoms. The van der Waals surface area contributed by atoms with Crippen LogP contribution in [0.5, 0.6) is 0 Å². The average Bonchev–Trinajstić information content (AvgIpc) is 2.39. The molecule has 0 radical (unpaired) electrons. The number of aliphatic hydroxyl groups excluding tert-OH is 1. The number of nitrogens with zero attached hydrogens (tertiary/aromatic N) is 3. The van der Waals surface area contributed by atoms with Crippen molar-refractivity contribution in [3.8, 4) is 0 Å². The van der Waals surface area contributed by atoms with Crippen LogP contribution in [0.3, 0.4) is 0 Å². The predicted molar refractivity (Wildman–Crippen MR) is 73.6 cm³/mol. The van der Waals surface area contributed by atoms with E-state index in [4.69, 9.17) is 5.11 Å². The standard InChI is InChI=1S/C14H22FN3O/c1-17(2)9-11-4-7-18(8-5-11)14-13(15)12(10-19)3-6-16-14/h3,6,11,19H,4-5,7-10H2,1-2H3. The van der Waals surface area contributed by atoms with E-state index in [1.165, 1.54) is 6.07 Å². The Hall–Kier alpha value is -1.20. The third-order valence-electron chi connectivity index (χ3n) is 3.66. The topological polar surface area (TPSA) is 39.6 Å². The number of piperidine rings is 1. The molecule has 1 N–H and O–H groups in total. The van der Waals surface area contributed by atoms with Crippen LogP contribution in [0.25, 0.3) is 0 Å². The zero-order valence-electron chi connectivity index (χ0n) is 11.6. The van der Waals surface area contributed by atoms with E-state index in [1.807, 2.05) is 4.90 Å². The first-order valence-electron chi connectivity index (χ1n) is 6.75. The summed E-state index contributed by atoms with van der Waals surface area (Å²) < 4.78 is 14.1. The lowest BCUT2D eigenvalue weighted by atomic mass is 9.96. The first-order valence-corrected chi connectivity index (χ1v) is 6.75. The molecule has 0 atom stereocenters. The highest BCUT2D eigenvalue weighted by atomic mass is 19.1. The second-order valence-electron chi connectivity index (χ2n) is 5.46. The van der Waals surface area contributed by atoms with Gasteiger partial charge in [0.05, 0.1) is 6.61 Å². The van der Waals surface area contributed by atoms with Gasteiger partial charge in [-0.15, -0.1) is 0 Å². The molecular formula is C14H22FN3O. The summed E-state index contributed by atoms with van der Waals surface area (Å²) in [6.45, 7) is 2.47. The Morgan fingerprint density at radius 2 is 2.11 bits per heavy atom. The lowest BCUT2D eigenvalue weighted by molar-refractivity contribution is 0.274. The first kappa shape index (κ1) is 14.2. The molecule has 2 rings (SSSR count). The van der Waals surface area contributed by atoms with Gasteiger partial charge in [-0.05, 0) is 38.9 Å². The smallest absolute Gasteiger partial charge is 0.171 e.